The van der Waals surface area contributed by atoms with Crippen molar-refractivity contribution in [2.75, 3.05) is 13.1 Å². The Balaban J connectivity index is 0.000000191. The predicted octanol–water partition coefficient (Wildman–Crippen LogP) is 8.62. The molecule has 40 heavy (non-hydrogen) atoms. The van der Waals surface area contributed by atoms with E-state index in [-0.39, 0.29) is 33.8 Å². The quantitative estimate of drug-likeness (QED) is 0.301. The first-order valence-corrected chi connectivity index (χ1v) is 15.8. The van der Waals surface area contributed by atoms with E-state index in [9.17, 15) is 14.4 Å². The molecule has 0 radical (unpaired) electrons. The Labute approximate surface area is 253 Å². The molecule has 0 aromatic heterocycles. The molecule has 0 unspecified atom stereocenters. The molecule has 2 spiro atoms. The Morgan fingerprint density at radius 1 is 0.750 bits per heavy atom. The third kappa shape index (κ3) is 7.08. The topological polar surface area (TPSA) is 63.7 Å². The highest BCUT2D eigenvalue weighted by Gasteiger charge is 2.43. The van der Waals surface area contributed by atoms with Crippen LogP contribution >= 0.6 is 35.9 Å². The second-order valence-corrected chi connectivity index (χ2v) is 15.3. The molecule has 1 amide bonds. The van der Waals surface area contributed by atoms with E-state index in [1.807, 2.05) is 86.8 Å². The summed E-state index contributed by atoms with van der Waals surface area (Å²) in [5.41, 5.74) is 1.32. The van der Waals surface area contributed by atoms with Crippen LogP contribution in [0.3, 0.4) is 0 Å². The molecule has 5 nitrogen and oxygen atoms in total. The van der Waals surface area contributed by atoms with E-state index >= 15 is 0 Å². The second-order valence-electron chi connectivity index (χ2n) is 12.3. The fraction of sp³-hybridized carbons (Fsp3) is 0.531. The maximum absolute atomic E-state index is 12.4. The van der Waals surface area contributed by atoms with Gasteiger partial charge in [0.15, 0.2) is 11.6 Å². The Morgan fingerprint density at radius 2 is 1.20 bits per heavy atom. The van der Waals surface area contributed by atoms with Crippen molar-refractivity contribution in [2.45, 2.75) is 103 Å². The van der Waals surface area contributed by atoms with E-state index in [1.165, 1.54) is 37.0 Å². The number of rotatable bonds is 0. The van der Waals surface area contributed by atoms with Gasteiger partial charge in [0.05, 0.1) is 0 Å². The third-order valence-electron chi connectivity index (χ3n) is 8.08. The number of amides is 1. The van der Waals surface area contributed by atoms with E-state index in [0.29, 0.717) is 25.3 Å². The summed E-state index contributed by atoms with van der Waals surface area (Å²) < 4.78 is 5.62. The molecule has 8 heteroatoms. The van der Waals surface area contributed by atoms with Gasteiger partial charge >= 0.3 is 6.09 Å². The van der Waals surface area contributed by atoms with Crippen molar-refractivity contribution in [3.8, 4) is 0 Å². The van der Waals surface area contributed by atoms with Crippen LogP contribution in [-0.2, 0) is 4.74 Å². The molecule has 1 aliphatic carbocycles. The summed E-state index contributed by atoms with van der Waals surface area (Å²) in [6, 6.07) is 15.9. The van der Waals surface area contributed by atoms with Gasteiger partial charge in [-0.3, -0.25) is 9.59 Å². The van der Waals surface area contributed by atoms with Gasteiger partial charge in [0, 0.05) is 56.3 Å². The van der Waals surface area contributed by atoms with Crippen molar-refractivity contribution in [1.82, 2.24) is 4.90 Å². The number of hydrogen-bond donors (Lipinski definition) is 0. The molecule has 1 saturated heterocycles. The lowest BCUT2D eigenvalue weighted by Crippen LogP contribution is -2.48. The Bertz CT molecular complexity index is 1240. The number of hydrogen-bond acceptors (Lipinski definition) is 6. The minimum Gasteiger partial charge on any atom is -0.444 e. The fourth-order valence-electron chi connectivity index (χ4n) is 6.06. The second kappa shape index (κ2) is 12.5. The lowest BCUT2D eigenvalue weighted by molar-refractivity contribution is 0.0196. The molecule has 1 saturated carbocycles. The predicted molar refractivity (Wildman–Crippen MR) is 165 cm³/mol. The number of carbonyl (C=O) groups is 3. The summed E-state index contributed by atoms with van der Waals surface area (Å²) in [6.07, 6.45) is 9.11. The van der Waals surface area contributed by atoms with Gasteiger partial charge in [0.25, 0.3) is 0 Å². The van der Waals surface area contributed by atoms with E-state index < -0.39 is 5.60 Å². The van der Waals surface area contributed by atoms with Gasteiger partial charge in [-0.05, 0) is 58.6 Å². The zero-order chi connectivity index (χ0) is 27.7. The number of ketones is 2. The van der Waals surface area contributed by atoms with Crippen LogP contribution in [0.25, 0.3) is 0 Å². The third-order valence-corrected chi connectivity index (χ3v) is 11.2. The molecule has 2 fully saturated rings. The lowest BCUT2D eigenvalue weighted by Gasteiger charge is -2.43. The molecule has 0 atom stereocenters. The van der Waals surface area contributed by atoms with Crippen molar-refractivity contribution in [1.29, 1.82) is 0 Å². The summed E-state index contributed by atoms with van der Waals surface area (Å²) in [4.78, 5) is 40.8. The van der Waals surface area contributed by atoms with Crippen LogP contribution in [0.4, 0.5) is 4.79 Å². The largest absolute Gasteiger partial charge is 0.444 e. The number of piperidine rings is 1. The van der Waals surface area contributed by atoms with Crippen molar-refractivity contribution >= 4 is 53.6 Å². The van der Waals surface area contributed by atoms with Crippen LogP contribution < -0.4 is 0 Å². The number of ether oxygens (including phenoxy) is 1. The SMILES string of the molecule is CC(C)(C)OC(=O)N1CCC2(CC1)CC(=O)c1ccccc1S2.Cl.O=C1CC2(CCCCC2)Sc2ccccc21. The minimum atomic E-state index is -0.472. The normalized spacial score (nSPS) is 20.9. The first-order valence-electron chi connectivity index (χ1n) is 14.2. The summed E-state index contributed by atoms with van der Waals surface area (Å²) in [5, 5.41) is 0. The molecule has 3 heterocycles. The van der Waals surface area contributed by atoms with Gasteiger partial charge in [-0.15, -0.1) is 35.9 Å². The standard InChI is InChI=1S/C18H23NO3S.C14H16OS.ClH/c1-17(2,3)22-16(21)19-10-8-18(9-11-19)12-14(20)13-6-4-5-7-15(13)23-18;15-12-10-14(8-4-1-5-9-14)16-13-7-3-2-6-11(12)13;/h4-7H,8-12H2,1-3H3;2-3,6-7H,1,4-5,8-10H2;1H. The summed E-state index contributed by atoms with van der Waals surface area (Å²) >= 11 is 3.77. The Hall–Kier alpha value is -1.96. The molecular formula is C32H40ClNO4S2. The van der Waals surface area contributed by atoms with Gasteiger partial charge in [-0.25, -0.2) is 4.79 Å². The minimum absolute atomic E-state index is 0. The van der Waals surface area contributed by atoms with Crippen LogP contribution in [0.5, 0.6) is 0 Å². The molecule has 2 aromatic carbocycles. The number of fused-ring (bicyclic) bond motifs is 2. The van der Waals surface area contributed by atoms with Crippen molar-refractivity contribution in [2.24, 2.45) is 0 Å². The van der Waals surface area contributed by atoms with Gasteiger partial charge in [0.1, 0.15) is 5.60 Å². The Kier molecular flexibility index (Phi) is 9.68. The van der Waals surface area contributed by atoms with Crippen molar-refractivity contribution in [3.05, 3.63) is 59.7 Å². The number of halogens is 1. The molecule has 0 bridgehead atoms. The monoisotopic (exact) mass is 601 g/mol. The first kappa shape index (κ1) is 31.0. The number of likely N-dealkylation sites (tertiary alicyclic amines) is 1. The van der Waals surface area contributed by atoms with E-state index in [4.69, 9.17) is 4.74 Å². The molecular weight excluding hydrogens is 562 g/mol. The summed E-state index contributed by atoms with van der Waals surface area (Å²) in [6.45, 7) is 6.93. The van der Waals surface area contributed by atoms with Crippen LogP contribution in [0.15, 0.2) is 58.3 Å². The number of carbonyl (C=O) groups excluding carboxylic acids is 3. The molecule has 2 aromatic rings. The molecule has 6 rings (SSSR count). The average molecular weight is 602 g/mol. The highest BCUT2D eigenvalue weighted by Crippen LogP contribution is 2.51. The fourth-order valence-corrected chi connectivity index (χ4v) is 9.16. The van der Waals surface area contributed by atoms with Crippen LogP contribution in [0.1, 0.15) is 99.3 Å². The zero-order valence-electron chi connectivity index (χ0n) is 23.7. The highest BCUT2D eigenvalue weighted by atomic mass is 35.5. The van der Waals surface area contributed by atoms with Gasteiger partial charge < -0.3 is 9.64 Å². The smallest absolute Gasteiger partial charge is 0.410 e. The van der Waals surface area contributed by atoms with E-state index in [1.54, 1.807) is 4.90 Å². The van der Waals surface area contributed by atoms with Crippen LogP contribution in [0.2, 0.25) is 0 Å². The first-order chi connectivity index (χ1) is 18.6. The Morgan fingerprint density at radius 3 is 1.68 bits per heavy atom. The number of thioether (sulfide) groups is 2. The van der Waals surface area contributed by atoms with Gasteiger partial charge in [-0.2, -0.15) is 0 Å². The number of benzene rings is 2. The van der Waals surface area contributed by atoms with Crippen LogP contribution in [-0.4, -0.2) is 50.7 Å². The van der Waals surface area contributed by atoms with Crippen molar-refractivity contribution < 1.29 is 19.1 Å². The maximum atomic E-state index is 12.4. The maximum Gasteiger partial charge on any atom is 0.410 e. The van der Waals surface area contributed by atoms with Crippen LogP contribution in [0, 0.1) is 0 Å². The zero-order valence-corrected chi connectivity index (χ0v) is 26.2. The highest BCUT2D eigenvalue weighted by molar-refractivity contribution is 8.01. The van der Waals surface area contributed by atoms with Gasteiger partial charge in [0.2, 0.25) is 0 Å². The molecule has 216 valence electrons. The number of Topliss-reactive ketones (excluding diaryl/α,β-unsaturated/α-hetero) is 2. The summed E-state index contributed by atoms with van der Waals surface area (Å²) in [7, 11) is 0. The molecule has 3 aliphatic heterocycles. The lowest BCUT2D eigenvalue weighted by atomic mass is 9.83. The van der Waals surface area contributed by atoms with Crippen molar-refractivity contribution in [3.63, 3.8) is 0 Å². The van der Waals surface area contributed by atoms with Gasteiger partial charge in [-0.1, -0.05) is 55.7 Å². The molecule has 4 aliphatic rings. The van der Waals surface area contributed by atoms with E-state index in [0.717, 1.165) is 35.3 Å². The van der Waals surface area contributed by atoms with E-state index in [2.05, 4.69) is 6.07 Å². The molecule has 0 N–H and O–H groups in total. The average Bonchev–Trinajstić information content (AvgIpc) is 2.89. The summed E-state index contributed by atoms with van der Waals surface area (Å²) in [5.74, 6) is 0.585. The number of nitrogens with zero attached hydrogens (tertiary/aromatic N) is 1.